The Bertz CT molecular complexity index is 1090. The first-order valence-corrected chi connectivity index (χ1v) is 9.76. The quantitative estimate of drug-likeness (QED) is 0.687. The van der Waals surface area contributed by atoms with Gasteiger partial charge in [0.05, 0.1) is 5.41 Å². The normalized spacial score (nSPS) is 18.6. The first-order valence-electron chi connectivity index (χ1n) is 9.76. The largest absolute Gasteiger partial charge is 0.361 e. The molecule has 0 aliphatic carbocycles. The van der Waals surface area contributed by atoms with E-state index in [1.165, 1.54) is 0 Å². The SMILES string of the molecule is CNC(=O)[C@@]1(Cc2cc(-c3ccccc3C)no2)CCN(C(=O)c2nonc2C)C1. The monoisotopic (exact) mass is 409 g/mol. The Morgan fingerprint density at radius 3 is 2.70 bits per heavy atom. The number of likely N-dealkylation sites (tertiary alicyclic amines) is 1. The molecular weight excluding hydrogens is 386 g/mol. The van der Waals surface area contributed by atoms with Crippen molar-refractivity contribution in [2.75, 3.05) is 20.1 Å². The molecule has 9 heteroatoms. The van der Waals surface area contributed by atoms with E-state index >= 15 is 0 Å². The number of hydrogen-bond acceptors (Lipinski definition) is 7. The van der Waals surface area contributed by atoms with Gasteiger partial charge in [-0.2, -0.15) is 0 Å². The Kier molecular flexibility index (Phi) is 5.11. The molecule has 0 bridgehead atoms. The van der Waals surface area contributed by atoms with E-state index in [-0.39, 0.29) is 24.1 Å². The molecule has 1 aromatic carbocycles. The zero-order valence-electron chi connectivity index (χ0n) is 17.1. The molecule has 2 amide bonds. The molecule has 156 valence electrons. The molecule has 2 aromatic heterocycles. The number of aromatic nitrogens is 3. The lowest BCUT2D eigenvalue weighted by molar-refractivity contribution is -0.130. The predicted octanol–water partition coefficient (Wildman–Crippen LogP) is 2.16. The van der Waals surface area contributed by atoms with E-state index in [0.717, 1.165) is 16.8 Å². The molecule has 1 aliphatic rings. The fraction of sp³-hybridized carbons (Fsp3) is 0.381. The summed E-state index contributed by atoms with van der Waals surface area (Å²) in [5, 5.41) is 14.3. The van der Waals surface area contributed by atoms with Crippen LogP contribution in [0, 0.1) is 19.3 Å². The molecule has 1 N–H and O–H groups in total. The Balaban J connectivity index is 1.57. The van der Waals surface area contributed by atoms with Crippen LogP contribution in [-0.2, 0) is 11.2 Å². The minimum atomic E-state index is -0.808. The lowest BCUT2D eigenvalue weighted by Crippen LogP contribution is -2.44. The molecule has 4 rings (SSSR count). The fourth-order valence-corrected chi connectivity index (χ4v) is 4.01. The fourth-order valence-electron chi connectivity index (χ4n) is 4.01. The van der Waals surface area contributed by atoms with Crippen LogP contribution in [0.15, 0.2) is 39.5 Å². The maximum Gasteiger partial charge on any atom is 0.278 e. The lowest BCUT2D eigenvalue weighted by Gasteiger charge is -2.26. The van der Waals surface area contributed by atoms with Crippen molar-refractivity contribution in [3.05, 3.63) is 53.0 Å². The summed E-state index contributed by atoms with van der Waals surface area (Å²) in [5.74, 6) is 0.171. The summed E-state index contributed by atoms with van der Waals surface area (Å²) in [6, 6.07) is 9.77. The van der Waals surface area contributed by atoms with Gasteiger partial charge in [-0.3, -0.25) is 9.59 Å². The van der Waals surface area contributed by atoms with Crippen LogP contribution in [0.2, 0.25) is 0 Å². The number of carbonyl (C=O) groups is 2. The number of hydrogen-bond donors (Lipinski definition) is 1. The summed E-state index contributed by atoms with van der Waals surface area (Å²) in [5.41, 5.74) is 2.59. The predicted molar refractivity (Wildman–Crippen MR) is 106 cm³/mol. The number of nitrogens with one attached hydrogen (secondary N) is 1. The van der Waals surface area contributed by atoms with Crippen molar-refractivity contribution in [2.45, 2.75) is 26.7 Å². The van der Waals surface area contributed by atoms with Gasteiger partial charge in [0.2, 0.25) is 5.91 Å². The van der Waals surface area contributed by atoms with E-state index in [9.17, 15) is 9.59 Å². The molecule has 30 heavy (non-hydrogen) atoms. The Hall–Kier alpha value is -3.49. The Labute approximate surface area is 173 Å². The minimum Gasteiger partial charge on any atom is -0.361 e. The minimum absolute atomic E-state index is 0.137. The summed E-state index contributed by atoms with van der Waals surface area (Å²) >= 11 is 0. The van der Waals surface area contributed by atoms with Gasteiger partial charge in [0.15, 0.2) is 5.69 Å². The van der Waals surface area contributed by atoms with Crippen LogP contribution < -0.4 is 5.32 Å². The van der Waals surface area contributed by atoms with Crippen molar-refractivity contribution in [2.24, 2.45) is 5.41 Å². The molecule has 0 unspecified atom stereocenters. The van der Waals surface area contributed by atoms with Crippen molar-refractivity contribution >= 4 is 11.8 Å². The third-order valence-electron chi connectivity index (χ3n) is 5.70. The number of amides is 2. The summed E-state index contributed by atoms with van der Waals surface area (Å²) in [6.45, 7) is 4.35. The van der Waals surface area contributed by atoms with Gasteiger partial charge in [-0.15, -0.1) is 0 Å². The highest BCUT2D eigenvalue weighted by Crippen LogP contribution is 2.36. The van der Waals surface area contributed by atoms with Crippen LogP contribution in [0.3, 0.4) is 0 Å². The summed E-state index contributed by atoms with van der Waals surface area (Å²) in [4.78, 5) is 27.2. The average molecular weight is 409 g/mol. The molecule has 9 nitrogen and oxygen atoms in total. The van der Waals surface area contributed by atoms with Crippen LogP contribution in [-0.4, -0.2) is 52.3 Å². The third-order valence-corrected chi connectivity index (χ3v) is 5.70. The second kappa shape index (κ2) is 7.74. The molecule has 1 saturated heterocycles. The van der Waals surface area contributed by atoms with E-state index in [4.69, 9.17) is 4.52 Å². The molecule has 0 saturated carbocycles. The lowest BCUT2D eigenvalue weighted by atomic mass is 9.81. The van der Waals surface area contributed by atoms with Crippen LogP contribution in [0.25, 0.3) is 11.3 Å². The summed E-state index contributed by atoms with van der Waals surface area (Å²) in [6.07, 6.45) is 0.842. The van der Waals surface area contributed by atoms with E-state index in [2.05, 4.69) is 25.4 Å². The molecule has 1 fully saturated rings. The first kappa shape index (κ1) is 19.8. The van der Waals surface area contributed by atoms with E-state index in [1.807, 2.05) is 37.3 Å². The molecule has 3 heterocycles. The maximum absolute atomic E-state index is 12.8. The van der Waals surface area contributed by atoms with E-state index in [0.29, 0.717) is 30.8 Å². The number of nitrogens with zero attached hydrogens (tertiary/aromatic N) is 4. The van der Waals surface area contributed by atoms with Gasteiger partial charge in [0.25, 0.3) is 5.91 Å². The van der Waals surface area contributed by atoms with Gasteiger partial charge in [-0.25, -0.2) is 4.63 Å². The highest BCUT2D eigenvalue weighted by atomic mass is 16.6. The first-order chi connectivity index (χ1) is 14.4. The molecular formula is C21H23N5O4. The van der Waals surface area contributed by atoms with Gasteiger partial charge in [-0.05, 0) is 31.0 Å². The van der Waals surface area contributed by atoms with E-state index in [1.54, 1.807) is 18.9 Å². The van der Waals surface area contributed by atoms with Crippen molar-refractivity contribution in [1.29, 1.82) is 0 Å². The molecule has 1 atom stereocenters. The van der Waals surface area contributed by atoms with Crippen molar-refractivity contribution < 1.29 is 18.7 Å². The van der Waals surface area contributed by atoms with Gasteiger partial charge in [0, 0.05) is 38.2 Å². The Morgan fingerprint density at radius 1 is 1.20 bits per heavy atom. The second-order valence-electron chi connectivity index (χ2n) is 7.70. The molecule has 1 aliphatic heterocycles. The zero-order valence-corrected chi connectivity index (χ0v) is 17.1. The van der Waals surface area contributed by atoms with Crippen LogP contribution in [0.1, 0.15) is 33.9 Å². The summed E-state index contributed by atoms with van der Waals surface area (Å²) in [7, 11) is 1.60. The van der Waals surface area contributed by atoms with Gasteiger partial charge in [0.1, 0.15) is 17.1 Å². The summed E-state index contributed by atoms with van der Waals surface area (Å²) < 4.78 is 10.2. The smallest absolute Gasteiger partial charge is 0.278 e. The topological polar surface area (TPSA) is 114 Å². The second-order valence-corrected chi connectivity index (χ2v) is 7.70. The molecule has 3 aromatic rings. The molecule has 0 radical (unpaired) electrons. The van der Waals surface area contributed by atoms with Crippen molar-refractivity contribution in [3.63, 3.8) is 0 Å². The molecule has 0 spiro atoms. The zero-order chi connectivity index (χ0) is 21.3. The number of benzene rings is 1. The van der Waals surface area contributed by atoms with Gasteiger partial charge < -0.3 is 14.7 Å². The van der Waals surface area contributed by atoms with Crippen LogP contribution >= 0.6 is 0 Å². The maximum atomic E-state index is 12.8. The van der Waals surface area contributed by atoms with Gasteiger partial charge in [-0.1, -0.05) is 34.6 Å². The van der Waals surface area contributed by atoms with Crippen LogP contribution in [0.4, 0.5) is 0 Å². The number of aryl methyl sites for hydroxylation is 2. The number of carbonyl (C=O) groups excluding carboxylic acids is 2. The highest BCUT2D eigenvalue weighted by Gasteiger charge is 2.47. The van der Waals surface area contributed by atoms with Gasteiger partial charge >= 0.3 is 0 Å². The van der Waals surface area contributed by atoms with Crippen LogP contribution in [0.5, 0.6) is 0 Å². The van der Waals surface area contributed by atoms with E-state index < -0.39 is 5.41 Å². The van der Waals surface area contributed by atoms with Crippen molar-refractivity contribution in [1.82, 2.24) is 25.7 Å². The Morgan fingerprint density at radius 2 is 2.00 bits per heavy atom. The standard InChI is InChI=1S/C21H23N5O4/c1-13-6-4-5-7-16(13)17-10-15(29-24-17)11-21(20(28)22-3)8-9-26(12-21)19(27)18-14(2)23-30-25-18/h4-7,10H,8-9,11-12H2,1-3H3,(H,22,28)/t21-/m1/s1. The highest BCUT2D eigenvalue weighted by molar-refractivity contribution is 5.94. The number of rotatable bonds is 5. The third kappa shape index (κ3) is 3.47. The van der Waals surface area contributed by atoms with Crippen molar-refractivity contribution in [3.8, 4) is 11.3 Å². The average Bonchev–Trinajstić information content (AvgIpc) is 3.48.